The quantitative estimate of drug-likeness (QED) is 0.395. The Morgan fingerprint density at radius 3 is 2.52 bits per heavy atom. The first-order valence-corrected chi connectivity index (χ1v) is 11.3. The van der Waals surface area contributed by atoms with Crippen molar-refractivity contribution in [2.45, 2.75) is 17.4 Å². The van der Waals surface area contributed by atoms with E-state index in [1.54, 1.807) is 30.6 Å². The second kappa shape index (κ2) is 8.89. The Bertz CT molecular complexity index is 1310. The van der Waals surface area contributed by atoms with E-state index in [9.17, 15) is 13.2 Å². The van der Waals surface area contributed by atoms with Gasteiger partial charge in [0.25, 0.3) is 0 Å². The van der Waals surface area contributed by atoms with E-state index in [2.05, 4.69) is 20.0 Å². The van der Waals surface area contributed by atoms with Crippen LogP contribution in [-0.2, 0) is 21.2 Å². The molecule has 31 heavy (non-hydrogen) atoms. The summed E-state index contributed by atoms with van der Waals surface area (Å²) in [5.41, 5.74) is 1.72. The van der Waals surface area contributed by atoms with Crippen molar-refractivity contribution in [1.29, 1.82) is 0 Å². The third-order valence-electron chi connectivity index (χ3n) is 4.75. The molecule has 0 radical (unpaired) electrons. The van der Waals surface area contributed by atoms with Gasteiger partial charge in [0.2, 0.25) is 15.9 Å². The summed E-state index contributed by atoms with van der Waals surface area (Å²) in [7, 11) is -3.97. The molecule has 1 amide bonds. The van der Waals surface area contributed by atoms with E-state index in [0.29, 0.717) is 10.8 Å². The van der Waals surface area contributed by atoms with Crippen LogP contribution in [0.15, 0.2) is 84.0 Å². The van der Waals surface area contributed by atoms with Crippen LogP contribution in [-0.4, -0.2) is 30.3 Å². The predicted octanol–water partition coefficient (Wildman–Crippen LogP) is 3.74. The fourth-order valence-corrected chi connectivity index (χ4v) is 4.55. The molecule has 0 saturated heterocycles. The molecular formula is C22H19ClN4O3S. The van der Waals surface area contributed by atoms with E-state index in [-0.39, 0.29) is 11.3 Å². The molecule has 0 aliphatic rings. The van der Waals surface area contributed by atoms with Gasteiger partial charge in [0.05, 0.1) is 4.90 Å². The number of sulfonamides is 1. The molecule has 1 atom stereocenters. The Kier molecular flexibility index (Phi) is 6.03. The van der Waals surface area contributed by atoms with E-state index in [0.717, 1.165) is 16.5 Å². The molecule has 0 bridgehead atoms. The maximum Gasteiger partial charge on any atom is 0.244 e. The summed E-state index contributed by atoms with van der Waals surface area (Å²) in [4.78, 5) is 20.3. The van der Waals surface area contributed by atoms with Crippen molar-refractivity contribution in [3.63, 3.8) is 0 Å². The lowest BCUT2D eigenvalue weighted by Gasteiger charge is -2.18. The summed E-state index contributed by atoms with van der Waals surface area (Å²) in [6, 6.07) is 17.4. The largest absolute Gasteiger partial charge is 0.361 e. The molecule has 2 aromatic heterocycles. The third-order valence-corrected chi connectivity index (χ3v) is 6.49. The first kappa shape index (κ1) is 21.0. The number of anilines is 1. The molecule has 0 aliphatic heterocycles. The van der Waals surface area contributed by atoms with Gasteiger partial charge in [-0.05, 0) is 54.4 Å². The molecule has 0 fully saturated rings. The van der Waals surface area contributed by atoms with Gasteiger partial charge in [0.15, 0.2) is 0 Å². The van der Waals surface area contributed by atoms with Gasteiger partial charge >= 0.3 is 0 Å². The van der Waals surface area contributed by atoms with E-state index >= 15 is 0 Å². The summed E-state index contributed by atoms with van der Waals surface area (Å²) in [5, 5.41) is 4.02. The molecule has 158 valence electrons. The lowest BCUT2D eigenvalue weighted by Crippen LogP contribution is -2.45. The Balaban J connectivity index is 1.64. The van der Waals surface area contributed by atoms with Gasteiger partial charge in [0.1, 0.15) is 11.9 Å². The SMILES string of the molecule is O=C(Nc1ccccn1)C(Cc1c[nH]c2ccccc12)NS(=O)(=O)c1ccc(Cl)cc1. The molecule has 1 unspecified atom stereocenters. The number of rotatable bonds is 7. The van der Waals surface area contributed by atoms with Crippen molar-refractivity contribution in [3.8, 4) is 0 Å². The molecule has 4 rings (SSSR count). The molecule has 3 N–H and O–H groups in total. The van der Waals surface area contributed by atoms with Crippen LogP contribution >= 0.6 is 11.6 Å². The number of hydrogen-bond donors (Lipinski definition) is 3. The average Bonchev–Trinajstić information content (AvgIpc) is 3.17. The number of H-pyrrole nitrogens is 1. The van der Waals surface area contributed by atoms with Crippen molar-refractivity contribution in [1.82, 2.24) is 14.7 Å². The van der Waals surface area contributed by atoms with Crippen LogP contribution in [0.3, 0.4) is 0 Å². The Labute approximate surface area is 184 Å². The maximum absolute atomic E-state index is 13.0. The van der Waals surface area contributed by atoms with E-state index in [1.807, 2.05) is 24.3 Å². The zero-order valence-electron chi connectivity index (χ0n) is 16.2. The molecule has 2 aromatic carbocycles. The van der Waals surface area contributed by atoms with Crippen LogP contribution in [0.25, 0.3) is 10.9 Å². The zero-order valence-corrected chi connectivity index (χ0v) is 17.8. The number of amides is 1. The normalized spacial score (nSPS) is 12.5. The van der Waals surface area contributed by atoms with Crippen LogP contribution < -0.4 is 10.0 Å². The van der Waals surface area contributed by atoms with Crippen LogP contribution in [0.4, 0.5) is 5.82 Å². The van der Waals surface area contributed by atoms with Gasteiger partial charge < -0.3 is 10.3 Å². The summed E-state index contributed by atoms with van der Waals surface area (Å²) in [6.45, 7) is 0. The fourth-order valence-electron chi connectivity index (χ4n) is 3.23. The zero-order chi connectivity index (χ0) is 21.8. The number of nitrogens with zero attached hydrogens (tertiary/aromatic N) is 1. The topological polar surface area (TPSA) is 104 Å². The van der Waals surface area contributed by atoms with Crippen molar-refractivity contribution < 1.29 is 13.2 Å². The summed E-state index contributed by atoms with van der Waals surface area (Å²) >= 11 is 5.87. The number of hydrogen-bond acceptors (Lipinski definition) is 4. The number of halogens is 1. The highest BCUT2D eigenvalue weighted by Crippen LogP contribution is 2.21. The minimum atomic E-state index is -3.97. The Hall–Kier alpha value is -3.20. The first-order chi connectivity index (χ1) is 14.9. The minimum Gasteiger partial charge on any atom is -0.361 e. The summed E-state index contributed by atoms with van der Waals surface area (Å²) in [5.74, 6) is -0.177. The number of fused-ring (bicyclic) bond motifs is 1. The Morgan fingerprint density at radius 2 is 1.77 bits per heavy atom. The van der Waals surface area contributed by atoms with Crippen LogP contribution in [0.5, 0.6) is 0 Å². The molecule has 0 aliphatic carbocycles. The molecule has 9 heteroatoms. The number of pyridine rings is 1. The number of para-hydroxylation sites is 1. The second-order valence-corrected chi connectivity index (χ2v) is 9.05. The van der Waals surface area contributed by atoms with E-state index < -0.39 is 22.0 Å². The van der Waals surface area contributed by atoms with Crippen molar-refractivity contribution in [2.75, 3.05) is 5.32 Å². The lowest BCUT2D eigenvalue weighted by atomic mass is 10.1. The van der Waals surface area contributed by atoms with Crippen LogP contribution in [0, 0.1) is 0 Å². The third kappa shape index (κ3) is 4.93. The van der Waals surface area contributed by atoms with Gasteiger partial charge in [0, 0.05) is 28.3 Å². The number of aromatic nitrogens is 2. The highest BCUT2D eigenvalue weighted by atomic mass is 35.5. The van der Waals surface area contributed by atoms with Gasteiger partial charge in [-0.25, -0.2) is 13.4 Å². The standard InChI is InChI=1S/C22H19ClN4O3S/c23-16-8-10-17(11-9-16)31(29,30)27-20(22(28)26-21-7-3-4-12-24-21)13-15-14-25-19-6-2-1-5-18(15)19/h1-12,14,20,25,27H,13H2,(H,24,26,28). The molecule has 0 saturated carbocycles. The molecule has 2 heterocycles. The predicted molar refractivity (Wildman–Crippen MR) is 120 cm³/mol. The maximum atomic E-state index is 13.0. The monoisotopic (exact) mass is 454 g/mol. The van der Waals surface area contributed by atoms with E-state index in [4.69, 9.17) is 11.6 Å². The van der Waals surface area contributed by atoms with Crippen molar-refractivity contribution >= 4 is 44.3 Å². The van der Waals surface area contributed by atoms with Crippen molar-refractivity contribution in [3.05, 3.63) is 89.7 Å². The van der Waals surface area contributed by atoms with Gasteiger partial charge in [-0.3, -0.25) is 4.79 Å². The highest BCUT2D eigenvalue weighted by Gasteiger charge is 2.27. The van der Waals surface area contributed by atoms with Gasteiger partial charge in [-0.15, -0.1) is 0 Å². The Morgan fingerprint density at radius 1 is 1.03 bits per heavy atom. The van der Waals surface area contributed by atoms with Gasteiger partial charge in [-0.1, -0.05) is 35.9 Å². The number of aromatic amines is 1. The van der Waals surface area contributed by atoms with Crippen molar-refractivity contribution in [2.24, 2.45) is 0 Å². The average molecular weight is 455 g/mol. The molecular weight excluding hydrogens is 436 g/mol. The number of nitrogens with one attached hydrogen (secondary N) is 3. The summed E-state index contributed by atoms with van der Waals surface area (Å²) in [6.07, 6.45) is 3.47. The molecule has 7 nitrogen and oxygen atoms in total. The van der Waals surface area contributed by atoms with Gasteiger partial charge in [-0.2, -0.15) is 4.72 Å². The number of benzene rings is 2. The lowest BCUT2D eigenvalue weighted by molar-refractivity contribution is -0.117. The van der Waals surface area contributed by atoms with Crippen LogP contribution in [0.1, 0.15) is 5.56 Å². The van der Waals surface area contributed by atoms with Crippen LogP contribution in [0.2, 0.25) is 5.02 Å². The number of carbonyl (C=O) groups is 1. The van der Waals surface area contributed by atoms with E-state index in [1.165, 1.54) is 24.3 Å². The smallest absolute Gasteiger partial charge is 0.244 e. The minimum absolute atomic E-state index is 0.0199. The first-order valence-electron chi connectivity index (χ1n) is 9.47. The molecule has 0 spiro atoms. The summed E-state index contributed by atoms with van der Waals surface area (Å²) < 4.78 is 28.4. The fraction of sp³-hybridized carbons (Fsp3) is 0.0909. The second-order valence-electron chi connectivity index (χ2n) is 6.90. The number of carbonyl (C=O) groups excluding carboxylic acids is 1. The molecule has 4 aromatic rings. The highest BCUT2D eigenvalue weighted by molar-refractivity contribution is 7.89.